The van der Waals surface area contributed by atoms with Crippen LogP contribution in [0, 0.1) is 23.6 Å². The summed E-state index contributed by atoms with van der Waals surface area (Å²) >= 11 is 0. The van der Waals surface area contributed by atoms with Crippen molar-refractivity contribution in [2.75, 3.05) is 20.1 Å². The Morgan fingerprint density at radius 2 is 1.21 bits per heavy atom. The molecule has 24 heteroatoms. The van der Waals surface area contributed by atoms with Gasteiger partial charge in [-0.3, -0.25) is 48.3 Å². The Hall–Kier alpha value is -6.59. The highest BCUT2D eigenvalue weighted by atomic mass is 19.1. The first-order valence-electron chi connectivity index (χ1n) is 22.1. The Labute approximate surface area is 391 Å². The topological polar surface area (TPSA) is 401 Å². The molecule has 0 saturated heterocycles. The molecule has 0 saturated carbocycles. The fraction of sp³-hybridized carbons (Fsp3) is 0.628. The minimum atomic E-state index is -1.64. The number of guanidine groups is 2. The molecular weight excluding hydrogens is 876 g/mol. The van der Waals surface area contributed by atoms with E-state index in [2.05, 4.69) is 36.6 Å². The number of primary amides is 2. The first kappa shape index (κ1) is 58.4. The van der Waals surface area contributed by atoms with Gasteiger partial charge in [-0.15, -0.1) is 0 Å². The zero-order valence-corrected chi connectivity index (χ0v) is 39.6. The van der Waals surface area contributed by atoms with Gasteiger partial charge in [-0.1, -0.05) is 46.8 Å². The second-order valence-electron chi connectivity index (χ2n) is 17.3. The zero-order chi connectivity index (χ0) is 51.1. The molecule has 18 N–H and O–H groups in total. The number of aliphatic hydroxyl groups excluding tert-OH is 1. The van der Waals surface area contributed by atoms with Gasteiger partial charge in [-0.05, 0) is 75.0 Å². The third kappa shape index (κ3) is 22.0. The summed E-state index contributed by atoms with van der Waals surface area (Å²) in [4.78, 5) is 116. The number of hydrogen-bond acceptors (Lipinski definition) is 11. The molecule has 8 atom stereocenters. The maximum absolute atomic E-state index is 14.3. The smallest absolute Gasteiger partial charge is 0.245 e. The first-order chi connectivity index (χ1) is 31.2. The highest BCUT2D eigenvalue weighted by Crippen LogP contribution is 2.15. The molecular formula is C43H73FN14O9. The van der Waals surface area contributed by atoms with Crippen LogP contribution in [0.3, 0.4) is 0 Å². The number of amides is 8. The minimum Gasteiger partial charge on any atom is -0.391 e. The molecule has 0 heterocycles. The quantitative estimate of drug-likeness (QED) is 0.0211. The Bertz CT molecular complexity index is 1910. The van der Waals surface area contributed by atoms with Gasteiger partial charge in [0.25, 0.3) is 0 Å². The van der Waals surface area contributed by atoms with Crippen LogP contribution in [0.15, 0.2) is 34.3 Å². The number of nitrogens with one attached hydrogen (secondary N) is 5. The van der Waals surface area contributed by atoms with Crippen molar-refractivity contribution in [3.8, 4) is 0 Å². The van der Waals surface area contributed by atoms with Gasteiger partial charge in [-0.25, -0.2) is 4.39 Å². The summed E-state index contributed by atoms with van der Waals surface area (Å²) in [7, 11) is 1.24. The number of benzene rings is 1. The van der Waals surface area contributed by atoms with Crippen LogP contribution < -0.4 is 61.0 Å². The largest absolute Gasteiger partial charge is 0.391 e. The first-order valence-corrected chi connectivity index (χ1v) is 22.1. The lowest BCUT2D eigenvalue weighted by Gasteiger charge is -2.32. The van der Waals surface area contributed by atoms with Crippen molar-refractivity contribution in [1.82, 2.24) is 31.5 Å². The Balaban J connectivity index is 3.57. The predicted octanol–water partition coefficient (Wildman–Crippen LogP) is -2.80. The zero-order valence-electron chi connectivity index (χ0n) is 39.6. The van der Waals surface area contributed by atoms with Crippen LogP contribution in [0.5, 0.6) is 0 Å². The molecule has 1 aromatic carbocycles. The molecule has 0 bridgehead atoms. The molecule has 0 unspecified atom stereocenters. The van der Waals surface area contributed by atoms with Crippen molar-refractivity contribution < 1.29 is 47.9 Å². The molecule has 1 aromatic rings. The molecule has 1 rings (SSSR count). The van der Waals surface area contributed by atoms with E-state index >= 15 is 0 Å². The van der Waals surface area contributed by atoms with Gasteiger partial charge >= 0.3 is 0 Å². The van der Waals surface area contributed by atoms with Crippen molar-refractivity contribution in [2.45, 2.75) is 135 Å². The van der Waals surface area contributed by atoms with E-state index in [1.807, 2.05) is 13.8 Å². The normalized spacial score (nSPS) is 14.7. The number of hydrogen-bond donors (Lipinski definition) is 12. The van der Waals surface area contributed by atoms with Crippen LogP contribution in [0.25, 0.3) is 0 Å². The summed E-state index contributed by atoms with van der Waals surface area (Å²) in [5, 5.41) is 23.5. The molecule has 8 amide bonds. The highest BCUT2D eigenvalue weighted by Gasteiger charge is 2.37. The molecule has 0 aliphatic heterocycles. The van der Waals surface area contributed by atoms with E-state index in [1.165, 1.54) is 32.2 Å². The van der Waals surface area contributed by atoms with Crippen molar-refractivity contribution >= 4 is 59.2 Å². The van der Waals surface area contributed by atoms with Gasteiger partial charge in [0.05, 0.1) is 6.10 Å². The standard InChI is InChI=1S/C43H73FN14O9/c1-22(2)19-24(5)36(62)56-33(23(3)4)39(65)57-34(25(6)59)40(66)53-28(13-9-17-51-42(47)48)37(63)54-29(15-16-32(45)60)41(67)58(7)31(14-10-18-52-43(49)50)38(64)55-30(35(46)61)21-26-11-8-12-27(44)20-26/h8,11-12,20,22-25,28-31,33-34,59H,9-10,13-19,21H2,1-7H3,(H2,45,60)(H2,46,61)(H,53,66)(H,54,63)(H,55,64)(H,56,62)(H,57,65)(H4,47,48,51)(H4,49,50,52)/t24-,25+,28-,29-,30-,31-,33-,34-/m0/s1. The summed E-state index contributed by atoms with van der Waals surface area (Å²) in [6.45, 7) is 10.3. The second kappa shape index (κ2) is 29.1. The van der Waals surface area contributed by atoms with Gasteiger partial charge in [0.2, 0.25) is 47.3 Å². The number of aliphatic imine (C=N–C) groups is 2. The van der Waals surface area contributed by atoms with E-state index in [0.29, 0.717) is 12.0 Å². The van der Waals surface area contributed by atoms with Crippen LogP contribution in [0.1, 0.15) is 92.1 Å². The fourth-order valence-corrected chi connectivity index (χ4v) is 6.93. The lowest BCUT2D eigenvalue weighted by molar-refractivity contribution is -0.143. The molecule has 0 aliphatic rings. The fourth-order valence-electron chi connectivity index (χ4n) is 6.93. The Kier molecular flexibility index (Phi) is 25.4. The molecule has 0 fully saturated rings. The summed E-state index contributed by atoms with van der Waals surface area (Å²) in [5.41, 5.74) is 33.2. The van der Waals surface area contributed by atoms with E-state index in [0.717, 1.165) is 11.0 Å². The van der Waals surface area contributed by atoms with Gasteiger partial charge in [-0.2, -0.15) is 0 Å². The van der Waals surface area contributed by atoms with Gasteiger partial charge in [0.15, 0.2) is 11.9 Å². The van der Waals surface area contributed by atoms with E-state index in [1.54, 1.807) is 20.8 Å². The van der Waals surface area contributed by atoms with E-state index in [-0.39, 0.29) is 75.4 Å². The molecule has 376 valence electrons. The van der Waals surface area contributed by atoms with Crippen LogP contribution in [-0.4, -0.2) is 132 Å². The molecule has 0 aliphatic carbocycles. The summed E-state index contributed by atoms with van der Waals surface area (Å²) in [6.07, 6.45) is -2.00. The number of carbonyl (C=O) groups is 8. The maximum Gasteiger partial charge on any atom is 0.245 e. The number of nitrogens with two attached hydrogens (primary N) is 6. The molecule has 23 nitrogen and oxygen atoms in total. The van der Waals surface area contributed by atoms with Crippen molar-refractivity contribution in [3.63, 3.8) is 0 Å². The number of likely N-dealkylation sites (N-methyl/N-ethyl adjacent to an activating group) is 1. The average molecular weight is 949 g/mol. The van der Waals surface area contributed by atoms with Crippen molar-refractivity contribution in [1.29, 1.82) is 0 Å². The van der Waals surface area contributed by atoms with Gasteiger partial charge in [0, 0.05) is 38.9 Å². The van der Waals surface area contributed by atoms with Crippen molar-refractivity contribution in [2.24, 2.45) is 62.1 Å². The average Bonchev–Trinajstić information content (AvgIpc) is 3.22. The lowest BCUT2D eigenvalue weighted by atomic mass is 9.96. The highest BCUT2D eigenvalue weighted by molar-refractivity contribution is 5.97. The van der Waals surface area contributed by atoms with Gasteiger partial charge < -0.3 is 71.0 Å². The summed E-state index contributed by atoms with van der Waals surface area (Å²) in [6, 6.07) is -3.22. The molecule has 0 aromatic heterocycles. The van der Waals surface area contributed by atoms with Crippen molar-refractivity contribution in [3.05, 3.63) is 35.6 Å². The third-order valence-corrected chi connectivity index (χ3v) is 10.5. The Morgan fingerprint density at radius 1 is 0.672 bits per heavy atom. The predicted molar refractivity (Wildman–Crippen MR) is 249 cm³/mol. The van der Waals surface area contributed by atoms with E-state index in [9.17, 15) is 47.9 Å². The minimum absolute atomic E-state index is 0.00151. The lowest BCUT2D eigenvalue weighted by Crippen LogP contribution is -2.62. The monoisotopic (exact) mass is 949 g/mol. The summed E-state index contributed by atoms with van der Waals surface area (Å²) in [5.74, 6) is -8.42. The molecule has 0 radical (unpaired) electrons. The van der Waals surface area contributed by atoms with Gasteiger partial charge in [0.1, 0.15) is 42.1 Å². The SMILES string of the molecule is CC(C)C[C@H](C)C(=O)N[C@H](C(=O)N[C@H](C(=O)N[C@@H](CCCN=C(N)N)C(=O)N[C@@H](CCC(N)=O)C(=O)N(C)[C@@H](CCCN=C(N)N)C(=O)N[C@@H](Cc1cccc(F)c1)C(N)=O)[C@@H](C)O)C(C)C. The number of rotatable bonds is 30. The van der Waals surface area contributed by atoms with Crippen LogP contribution in [0.2, 0.25) is 0 Å². The number of nitrogens with zero attached hydrogens (tertiary/aromatic N) is 3. The van der Waals surface area contributed by atoms with Crippen LogP contribution in [-0.2, 0) is 44.8 Å². The summed E-state index contributed by atoms with van der Waals surface area (Å²) < 4.78 is 14.0. The molecule has 0 spiro atoms. The second-order valence-corrected chi connectivity index (χ2v) is 17.3. The number of aliphatic hydroxyl groups is 1. The molecule has 67 heavy (non-hydrogen) atoms. The van der Waals surface area contributed by atoms with Crippen LogP contribution >= 0.6 is 0 Å². The third-order valence-electron chi connectivity index (χ3n) is 10.5. The van der Waals surface area contributed by atoms with E-state index < -0.39 is 108 Å². The van der Waals surface area contributed by atoms with E-state index in [4.69, 9.17) is 34.4 Å². The Morgan fingerprint density at radius 3 is 1.72 bits per heavy atom. The van der Waals surface area contributed by atoms with Crippen LogP contribution in [0.4, 0.5) is 4.39 Å². The number of halogens is 1. The number of carbonyl (C=O) groups excluding carboxylic acids is 8. The maximum atomic E-state index is 14.3.